The van der Waals surface area contributed by atoms with Crippen LogP contribution in [0.4, 0.5) is 4.79 Å². The van der Waals surface area contributed by atoms with Gasteiger partial charge in [-0.15, -0.1) is 0 Å². The lowest BCUT2D eigenvalue weighted by molar-refractivity contribution is 0.197. The van der Waals surface area contributed by atoms with Crippen molar-refractivity contribution in [2.75, 3.05) is 14.2 Å². The number of fused-ring (bicyclic) bond motifs is 1. The second kappa shape index (κ2) is 4.29. The number of methoxy groups -OCH3 is 2. The van der Waals surface area contributed by atoms with Crippen molar-refractivity contribution in [3.05, 3.63) is 22.8 Å². The van der Waals surface area contributed by atoms with E-state index in [0.717, 1.165) is 9.95 Å². The Morgan fingerprint density at radius 2 is 1.88 bits per heavy atom. The highest BCUT2D eigenvalue weighted by Gasteiger charge is 2.15. The molecule has 2 rings (SSSR count). The molecule has 0 unspecified atom stereocenters. The summed E-state index contributed by atoms with van der Waals surface area (Å²) in [6.07, 6.45) is 0.444. The van der Waals surface area contributed by atoms with E-state index in [1.54, 1.807) is 12.1 Å². The Balaban J connectivity index is 2.80. The third kappa shape index (κ3) is 1.84. The van der Waals surface area contributed by atoms with E-state index >= 15 is 0 Å². The van der Waals surface area contributed by atoms with Crippen LogP contribution in [0.2, 0.25) is 0 Å². The van der Waals surface area contributed by atoms with Gasteiger partial charge in [-0.2, -0.15) is 0 Å². The molecule has 1 heterocycles. The Morgan fingerprint density at radius 1 is 1.29 bits per heavy atom. The number of carbonyl (C=O) groups is 1. The topological polar surface area (TPSA) is 60.7 Å². The normalized spacial score (nSPS) is 10.5. The standard InChI is InChI=1S/C11H10BrNO4/c1-16-9-3-6-7(12)5-13(11(14)15)8(6)4-10(9)17-2/h3-5H,1-2H3,(H,14,15). The first kappa shape index (κ1) is 11.8. The predicted octanol–water partition coefficient (Wildman–Crippen LogP) is 2.95. The number of aromatic nitrogens is 1. The van der Waals surface area contributed by atoms with Crippen molar-refractivity contribution in [3.8, 4) is 11.5 Å². The summed E-state index contributed by atoms with van der Waals surface area (Å²) >= 11 is 3.32. The Bertz CT molecular complexity index is 591. The minimum Gasteiger partial charge on any atom is -0.493 e. The van der Waals surface area contributed by atoms with Crippen LogP contribution in [0.25, 0.3) is 10.9 Å². The number of hydrogen-bond donors (Lipinski definition) is 1. The van der Waals surface area contributed by atoms with Crippen LogP contribution in [0.15, 0.2) is 22.8 Å². The van der Waals surface area contributed by atoms with Crippen molar-refractivity contribution in [3.63, 3.8) is 0 Å². The smallest absolute Gasteiger partial charge is 0.416 e. The Hall–Kier alpha value is -1.69. The van der Waals surface area contributed by atoms with Gasteiger partial charge in [-0.1, -0.05) is 0 Å². The maximum absolute atomic E-state index is 11.1. The molecule has 0 saturated heterocycles. The van der Waals surface area contributed by atoms with Crippen molar-refractivity contribution < 1.29 is 19.4 Å². The first-order valence-corrected chi connectivity index (χ1v) is 5.53. The van der Waals surface area contributed by atoms with Gasteiger partial charge in [-0.25, -0.2) is 4.79 Å². The van der Waals surface area contributed by atoms with Crippen molar-refractivity contribution in [2.45, 2.75) is 0 Å². The highest BCUT2D eigenvalue weighted by Crippen LogP contribution is 2.36. The van der Waals surface area contributed by atoms with Gasteiger partial charge < -0.3 is 14.6 Å². The van der Waals surface area contributed by atoms with Crippen LogP contribution >= 0.6 is 15.9 Å². The first-order valence-electron chi connectivity index (χ1n) is 4.74. The molecule has 1 aromatic heterocycles. The molecule has 0 aliphatic carbocycles. The molecule has 1 aromatic carbocycles. The summed E-state index contributed by atoms with van der Waals surface area (Å²) in [7, 11) is 3.04. The number of nitrogens with zero attached hydrogens (tertiary/aromatic N) is 1. The van der Waals surface area contributed by atoms with Crippen LogP contribution in [0, 0.1) is 0 Å². The van der Waals surface area contributed by atoms with Gasteiger partial charge in [-0.05, 0) is 22.0 Å². The van der Waals surface area contributed by atoms with E-state index in [2.05, 4.69) is 15.9 Å². The fraction of sp³-hybridized carbons (Fsp3) is 0.182. The van der Waals surface area contributed by atoms with Crippen LogP contribution < -0.4 is 9.47 Å². The minimum absolute atomic E-state index is 0.494. The third-order valence-electron chi connectivity index (χ3n) is 2.47. The molecule has 0 aliphatic rings. The summed E-state index contributed by atoms with van der Waals surface area (Å²) in [5.74, 6) is 1.05. The number of ether oxygens (including phenoxy) is 2. The molecule has 90 valence electrons. The summed E-state index contributed by atoms with van der Waals surface area (Å²) in [5.41, 5.74) is 0.544. The van der Waals surface area contributed by atoms with Crippen LogP contribution in [0.3, 0.4) is 0 Å². The zero-order valence-corrected chi connectivity index (χ0v) is 10.8. The maximum atomic E-state index is 11.1. The zero-order chi connectivity index (χ0) is 12.6. The van der Waals surface area contributed by atoms with E-state index in [-0.39, 0.29) is 0 Å². The molecular formula is C11H10BrNO4. The van der Waals surface area contributed by atoms with Gasteiger partial charge in [0.15, 0.2) is 11.5 Å². The number of carboxylic acid groups (broad SMARTS) is 1. The molecular weight excluding hydrogens is 290 g/mol. The maximum Gasteiger partial charge on any atom is 0.416 e. The highest BCUT2D eigenvalue weighted by molar-refractivity contribution is 9.10. The molecule has 0 atom stereocenters. The molecule has 0 aliphatic heterocycles. The molecule has 2 aromatic rings. The van der Waals surface area contributed by atoms with Crippen LogP contribution in [0.5, 0.6) is 11.5 Å². The monoisotopic (exact) mass is 299 g/mol. The summed E-state index contributed by atoms with van der Waals surface area (Å²) < 4.78 is 12.1. The molecule has 1 N–H and O–H groups in total. The van der Waals surface area contributed by atoms with E-state index in [9.17, 15) is 4.79 Å². The fourth-order valence-corrected chi connectivity index (χ4v) is 2.19. The molecule has 0 spiro atoms. The van der Waals surface area contributed by atoms with Crippen LogP contribution in [-0.2, 0) is 0 Å². The van der Waals surface area contributed by atoms with Gasteiger partial charge in [0.2, 0.25) is 0 Å². The van der Waals surface area contributed by atoms with E-state index in [0.29, 0.717) is 21.5 Å². The number of rotatable bonds is 2. The van der Waals surface area contributed by atoms with Gasteiger partial charge in [0.1, 0.15) is 0 Å². The Labute approximate surface area is 106 Å². The third-order valence-corrected chi connectivity index (χ3v) is 3.10. The zero-order valence-electron chi connectivity index (χ0n) is 9.23. The van der Waals surface area contributed by atoms with Gasteiger partial charge in [0, 0.05) is 22.1 Å². The van der Waals surface area contributed by atoms with Crippen molar-refractivity contribution in [1.82, 2.24) is 4.57 Å². The van der Waals surface area contributed by atoms with Crippen LogP contribution in [-0.4, -0.2) is 30.0 Å². The number of hydrogen-bond acceptors (Lipinski definition) is 3. The molecule has 0 radical (unpaired) electrons. The Kier molecular flexibility index (Phi) is 2.97. The Morgan fingerprint density at radius 3 is 2.41 bits per heavy atom. The summed E-state index contributed by atoms with van der Waals surface area (Å²) in [6, 6.07) is 3.37. The lowest BCUT2D eigenvalue weighted by atomic mass is 10.2. The average molecular weight is 300 g/mol. The predicted molar refractivity (Wildman–Crippen MR) is 66.2 cm³/mol. The van der Waals surface area contributed by atoms with Gasteiger partial charge in [0.25, 0.3) is 0 Å². The number of halogens is 1. The first-order chi connectivity index (χ1) is 8.08. The van der Waals surface area contributed by atoms with E-state index in [4.69, 9.17) is 14.6 Å². The molecule has 0 bridgehead atoms. The highest BCUT2D eigenvalue weighted by atomic mass is 79.9. The van der Waals surface area contributed by atoms with E-state index < -0.39 is 6.09 Å². The molecule has 0 fully saturated rings. The minimum atomic E-state index is -1.05. The largest absolute Gasteiger partial charge is 0.493 e. The molecule has 0 amide bonds. The van der Waals surface area contributed by atoms with Crippen molar-refractivity contribution in [1.29, 1.82) is 0 Å². The fourth-order valence-electron chi connectivity index (χ4n) is 1.67. The summed E-state index contributed by atoms with van der Waals surface area (Å²) in [5, 5.41) is 9.81. The second-order valence-corrected chi connectivity index (χ2v) is 4.21. The second-order valence-electron chi connectivity index (χ2n) is 3.35. The molecule has 17 heavy (non-hydrogen) atoms. The van der Waals surface area contributed by atoms with E-state index in [1.165, 1.54) is 20.4 Å². The van der Waals surface area contributed by atoms with Crippen LogP contribution in [0.1, 0.15) is 0 Å². The summed E-state index contributed by atoms with van der Waals surface area (Å²) in [4.78, 5) is 11.1. The number of benzene rings is 1. The van der Waals surface area contributed by atoms with Gasteiger partial charge in [0.05, 0.1) is 19.7 Å². The quantitative estimate of drug-likeness (QED) is 0.926. The summed E-state index contributed by atoms with van der Waals surface area (Å²) in [6.45, 7) is 0. The lowest BCUT2D eigenvalue weighted by Gasteiger charge is -2.08. The van der Waals surface area contributed by atoms with E-state index in [1.807, 2.05) is 0 Å². The molecule has 0 saturated carbocycles. The average Bonchev–Trinajstić information content (AvgIpc) is 2.64. The van der Waals surface area contributed by atoms with Gasteiger partial charge >= 0.3 is 6.09 Å². The molecule has 5 nitrogen and oxygen atoms in total. The van der Waals surface area contributed by atoms with Crippen molar-refractivity contribution in [2.24, 2.45) is 0 Å². The van der Waals surface area contributed by atoms with Gasteiger partial charge in [-0.3, -0.25) is 4.57 Å². The lowest BCUT2D eigenvalue weighted by Crippen LogP contribution is -2.05. The SMILES string of the molecule is COc1cc2c(Br)cn(C(=O)O)c2cc1OC. The molecule has 6 heteroatoms. The van der Waals surface area contributed by atoms with Crippen molar-refractivity contribution >= 4 is 32.9 Å².